The summed E-state index contributed by atoms with van der Waals surface area (Å²) in [4.78, 5) is 52.7. The second kappa shape index (κ2) is 10.3. The Morgan fingerprint density at radius 3 is 2.19 bits per heavy atom. The van der Waals surface area contributed by atoms with Crippen LogP contribution in [0.1, 0.15) is 66.7 Å². The molecule has 0 spiro atoms. The van der Waals surface area contributed by atoms with Crippen LogP contribution < -0.4 is 5.32 Å². The van der Waals surface area contributed by atoms with E-state index in [0.29, 0.717) is 45.3 Å². The molecule has 0 radical (unpaired) electrons. The third kappa shape index (κ3) is 7.11. The highest BCUT2D eigenvalue weighted by atomic mass is 16.6. The summed E-state index contributed by atoms with van der Waals surface area (Å²) < 4.78 is 5.44. The largest absolute Gasteiger partial charge is 0.480 e. The summed E-state index contributed by atoms with van der Waals surface area (Å²) in [7, 11) is 0. The monoisotopic (exact) mass is 439 g/mol. The molecule has 0 aliphatic carbocycles. The topological polar surface area (TPSA) is 116 Å². The summed E-state index contributed by atoms with van der Waals surface area (Å²) >= 11 is 0. The molecule has 176 valence electrons. The number of hydrogen-bond donors (Lipinski definition) is 2. The fourth-order valence-corrected chi connectivity index (χ4v) is 4.12. The van der Waals surface area contributed by atoms with Crippen molar-refractivity contribution >= 4 is 23.9 Å². The van der Waals surface area contributed by atoms with Gasteiger partial charge in [0.2, 0.25) is 11.8 Å². The van der Waals surface area contributed by atoms with E-state index in [1.165, 1.54) is 4.90 Å². The first-order chi connectivity index (χ1) is 14.4. The Hall–Kier alpha value is -2.32. The van der Waals surface area contributed by atoms with Crippen molar-refractivity contribution in [2.75, 3.05) is 19.6 Å². The number of nitrogens with one attached hydrogen (secondary N) is 1. The molecule has 2 rings (SSSR count). The van der Waals surface area contributed by atoms with Crippen LogP contribution in [0.15, 0.2) is 0 Å². The van der Waals surface area contributed by atoms with Crippen molar-refractivity contribution in [3.05, 3.63) is 0 Å². The molecule has 0 aromatic carbocycles. The molecule has 0 saturated carbocycles. The smallest absolute Gasteiger partial charge is 0.410 e. The Kier molecular flexibility index (Phi) is 8.31. The van der Waals surface area contributed by atoms with E-state index in [2.05, 4.69) is 5.32 Å². The molecule has 0 bridgehead atoms. The molecule has 2 aliphatic rings. The Balaban J connectivity index is 1.90. The number of hydrogen-bond acceptors (Lipinski definition) is 5. The number of carboxylic acids is 1. The van der Waals surface area contributed by atoms with Crippen LogP contribution in [0.5, 0.6) is 0 Å². The first kappa shape index (κ1) is 24.9. The minimum Gasteiger partial charge on any atom is -0.480 e. The highest BCUT2D eigenvalue weighted by Gasteiger charge is 2.40. The molecule has 2 fully saturated rings. The lowest BCUT2D eigenvalue weighted by Crippen LogP contribution is -2.52. The quantitative estimate of drug-likeness (QED) is 0.656. The van der Waals surface area contributed by atoms with Crippen LogP contribution in [-0.4, -0.2) is 76.1 Å². The van der Waals surface area contributed by atoms with Gasteiger partial charge in [-0.15, -0.1) is 0 Å². The van der Waals surface area contributed by atoms with Crippen molar-refractivity contribution in [2.24, 2.45) is 11.8 Å². The zero-order chi connectivity index (χ0) is 23.3. The Morgan fingerprint density at radius 1 is 1.06 bits per heavy atom. The minimum atomic E-state index is -1.03. The third-order valence-electron chi connectivity index (χ3n) is 5.66. The lowest BCUT2D eigenvalue weighted by Gasteiger charge is -2.35. The SMILES string of the molecule is CC(C)CC(NC(=O)C1CCN(C(=O)C2CCCN2C(=O)OC(C)(C)C)CC1)C(=O)O. The van der Waals surface area contributed by atoms with Gasteiger partial charge in [0.25, 0.3) is 0 Å². The maximum atomic E-state index is 13.0. The van der Waals surface area contributed by atoms with Gasteiger partial charge in [-0.1, -0.05) is 13.8 Å². The molecule has 0 aromatic rings. The van der Waals surface area contributed by atoms with Gasteiger partial charge in [-0.05, 0) is 58.8 Å². The summed E-state index contributed by atoms with van der Waals surface area (Å²) in [5.74, 6) is -1.57. The Labute approximate surface area is 184 Å². The number of carbonyl (C=O) groups is 4. The van der Waals surface area contributed by atoms with Crippen molar-refractivity contribution < 1.29 is 29.0 Å². The number of piperidine rings is 1. The van der Waals surface area contributed by atoms with Crippen LogP contribution in [0.25, 0.3) is 0 Å². The van der Waals surface area contributed by atoms with Crippen molar-refractivity contribution in [1.29, 1.82) is 0 Å². The van der Waals surface area contributed by atoms with Crippen LogP contribution in [0.2, 0.25) is 0 Å². The molecule has 9 nitrogen and oxygen atoms in total. The lowest BCUT2D eigenvalue weighted by molar-refractivity contribution is -0.143. The summed E-state index contributed by atoms with van der Waals surface area (Å²) in [5, 5.41) is 12.0. The second-order valence-electron chi connectivity index (χ2n) is 9.96. The molecule has 2 heterocycles. The van der Waals surface area contributed by atoms with Crippen LogP contribution in [-0.2, 0) is 19.1 Å². The highest BCUT2D eigenvalue weighted by Crippen LogP contribution is 2.25. The van der Waals surface area contributed by atoms with Gasteiger partial charge in [-0.25, -0.2) is 9.59 Å². The van der Waals surface area contributed by atoms with E-state index in [1.54, 1.807) is 25.7 Å². The Bertz CT molecular complexity index is 679. The van der Waals surface area contributed by atoms with Gasteiger partial charge < -0.3 is 20.1 Å². The van der Waals surface area contributed by atoms with Gasteiger partial charge in [0.15, 0.2) is 0 Å². The predicted octanol–water partition coefficient (Wildman–Crippen LogP) is 2.24. The number of carbonyl (C=O) groups excluding carboxylic acids is 3. The van der Waals surface area contributed by atoms with Gasteiger partial charge in [0.1, 0.15) is 17.7 Å². The van der Waals surface area contributed by atoms with Gasteiger partial charge in [0.05, 0.1) is 0 Å². The third-order valence-corrected chi connectivity index (χ3v) is 5.66. The van der Waals surface area contributed by atoms with E-state index in [4.69, 9.17) is 4.74 Å². The molecule has 2 unspecified atom stereocenters. The molecule has 3 amide bonds. The Morgan fingerprint density at radius 2 is 1.68 bits per heavy atom. The van der Waals surface area contributed by atoms with E-state index in [0.717, 1.165) is 6.42 Å². The number of amides is 3. The fourth-order valence-electron chi connectivity index (χ4n) is 4.12. The standard InChI is InChI=1S/C22H37N3O6/c1-14(2)13-16(20(28)29)23-18(26)15-8-11-24(12-9-15)19(27)17-7-6-10-25(17)21(30)31-22(3,4)5/h14-17H,6-13H2,1-5H3,(H,23,26)(H,28,29). The highest BCUT2D eigenvalue weighted by molar-refractivity contribution is 5.87. The van der Waals surface area contributed by atoms with E-state index in [9.17, 15) is 24.3 Å². The number of nitrogens with zero attached hydrogens (tertiary/aromatic N) is 2. The van der Waals surface area contributed by atoms with Gasteiger partial charge in [-0.3, -0.25) is 14.5 Å². The second-order valence-corrected chi connectivity index (χ2v) is 9.96. The predicted molar refractivity (Wildman–Crippen MR) is 114 cm³/mol. The van der Waals surface area contributed by atoms with E-state index in [-0.39, 0.29) is 23.7 Å². The van der Waals surface area contributed by atoms with Crippen molar-refractivity contribution in [1.82, 2.24) is 15.1 Å². The van der Waals surface area contributed by atoms with Gasteiger partial charge >= 0.3 is 12.1 Å². The van der Waals surface area contributed by atoms with E-state index < -0.39 is 29.7 Å². The molecule has 2 atom stereocenters. The summed E-state index contributed by atoms with van der Waals surface area (Å²) in [6.07, 6.45) is 2.22. The molecule has 2 saturated heterocycles. The average Bonchev–Trinajstić information content (AvgIpc) is 3.15. The van der Waals surface area contributed by atoms with E-state index in [1.807, 2.05) is 13.8 Å². The van der Waals surface area contributed by atoms with Crippen LogP contribution in [0.4, 0.5) is 4.79 Å². The normalized spacial score (nSPS) is 21.2. The maximum absolute atomic E-state index is 13.0. The van der Waals surface area contributed by atoms with Crippen LogP contribution in [0.3, 0.4) is 0 Å². The maximum Gasteiger partial charge on any atom is 0.410 e. The molecule has 31 heavy (non-hydrogen) atoms. The molecule has 2 aliphatic heterocycles. The first-order valence-electron chi connectivity index (χ1n) is 11.2. The number of carboxylic acid groups (broad SMARTS) is 1. The summed E-state index contributed by atoms with van der Waals surface area (Å²) in [6, 6.07) is -1.42. The number of likely N-dealkylation sites (tertiary alicyclic amines) is 2. The zero-order valence-electron chi connectivity index (χ0n) is 19.3. The number of ether oxygens (including phenoxy) is 1. The molecular weight excluding hydrogens is 402 g/mol. The van der Waals surface area contributed by atoms with Crippen LogP contribution >= 0.6 is 0 Å². The van der Waals surface area contributed by atoms with Gasteiger partial charge in [-0.2, -0.15) is 0 Å². The summed E-state index contributed by atoms with van der Waals surface area (Å²) in [5.41, 5.74) is -0.623. The van der Waals surface area contributed by atoms with E-state index >= 15 is 0 Å². The van der Waals surface area contributed by atoms with Crippen molar-refractivity contribution in [3.8, 4) is 0 Å². The molecular formula is C22H37N3O6. The molecule has 2 N–H and O–H groups in total. The molecule has 9 heteroatoms. The van der Waals surface area contributed by atoms with Crippen molar-refractivity contribution in [2.45, 2.75) is 84.4 Å². The lowest BCUT2D eigenvalue weighted by atomic mass is 9.94. The van der Waals surface area contributed by atoms with Crippen LogP contribution in [0, 0.1) is 11.8 Å². The fraction of sp³-hybridized carbons (Fsp3) is 0.818. The first-order valence-corrected chi connectivity index (χ1v) is 11.2. The van der Waals surface area contributed by atoms with Crippen molar-refractivity contribution in [3.63, 3.8) is 0 Å². The number of rotatable bonds is 6. The zero-order valence-corrected chi connectivity index (χ0v) is 19.3. The minimum absolute atomic E-state index is 0.106. The molecule has 0 aromatic heterocycles. The number of aliphatic carboxylic acids is 1. The average molecular weight is 440 g/mol. The summed E-state index contributed by atoms with van der Waals surface area (Å²) in [6.45, 7) is 10.5. The van der Waals surface area contributed by atoms with Gasteiger partial charge in [0, 0.05) is 25.6 Å².